The Balaban J connectivity index is 2.27. The van der Waals surface area contributed by atoms with Crippen molar-refractivity contribution in [2.45, 2.75) is 69.7 Å². The van der Waals surface area contributed by atoms with E-state index in [9.17, 15) is 13.2 Å². The van der Waals surface area contributed by atoms with Crippen LogP contribution >= 0.6 is 0 Å². The number of hydrogen-bond acceptors (Lipinski definition) is 4. The van der Waals surface area contributed by atoms with Crippen LogP contribution in [0.2, 0.25) is 0 Å². The lowest BCUT2D eigenvalue weighted by atomic mass is 9.96. The summed E-state index contributed by atoms with van der Waals surface area (Å²) in [7, 11) is -2.14. The van der Waals surface area contributed by atoms with Gasteiger partial charge in [0.1, 0.15) is 5.75 Å². The van der Waals surface area contributed by atoms with Crippen LogP contribution in [-0.2, 0) is 10.0 Å². The fourth-order valence-electron chi connectivity index (χ4n) is 3.60. The molecule has 0 spiro atoms. The highest BCUT2D eigenvalue weighted by Gasteiger charge is 2.25. The van der Waals surface area contributed by atoms with Crippen LogP contribution in [0, 0.1) is 0 Å². The number of benzene rings is 1. The number of hydrogen-bond donors (Lipinski definition) is 1. The maximum Gasteiger partial charge on any atom is 0.255 e. The zero-order valence-electron chi connectivity index (χ0n) is 16.7. The van der Waals surface area contributed by atoms with Crippen LogP contribution in [0.3, 0.4) is 0 Å². The van der Waals surface area contributed by atoms with Crippen molar-refractivity contribution in [3.63, 3.8) is 0 Å². The number of methoxy groups -OCH3 is 1. The van der Waals surface area contributed by atoms with Crippen LogP contribution in [0.1, 0.15) is 69.2 Å². The molecule has 6 nitrogen and oxygen atoms in total. The van der Waals surface area contributed by atoms with E-state index in [0.717, 1.165) is 25.7 Å². The first kappa shape index (κ1) is 21.7. The van der Waals surface area contributed by atoms with Crippen molar-refractivity contribution in [2.75, 3.05) is 20.2 Å². The van der Waals surface area contributed by atoms with Gasteiger partial charge in [0, 0.05) is 19.1 Å². The van der Waals surface area contributed by atoms with E-state index < -0.39 is 10.0 Å². The van der Waals surface area contributed by atoms with Crippen molar-refractivity contribution >= 4 is 15.9 Å². The Labute approximate surface area is 163 Å². The number of ether oxygens (including phenoxy) is 1. The van der Waals surface area contributed by atoms with Gasteiger partial charge >= 0.3 is 0 Å². The standard InChI is InChI=1S/C20H32N2O4S/c1-4-22(5-2)27(24,25)17-13-14-19(26-3)18(15-17)20(23)21-16-11-9-7-6-8-10-12-16/h13-16H,4-12H2,1-3H3,(H,21,23). The fraction of sp³-hybridized carbons (Fsp3) is 0.650. The second-order valence-corrected chi connectivity index (χ2v) is 8.90. The molecular weight excluding hydrogens is 364 g/mol. The van der Waals surface area contributed by atoms with E-state index in [1.807, 2.05) is 0 Å². The fourth-order valence-corrected chi connectivity index (χ4v) is 5.09. The van der Waals surface area contributed by atoms with Gasteiger partial charge in [-0.05, 0) is 31.0 Å². The van der Waals surface area contributed by atoms with Crippen LogP contribution in [0.4, 0.5) is 0 Å². The van der Waals surface area contributed by atoms with E-state index in [1.165, 1.54) is 42.8 Å². The van der Waals surface area contributed by atoms with Gasteiger partial charge in [0.2, 0.25) is 10.0 Å². The van der Waals surface area contributed by atoms with Gasteiger partial charge in [-0.15, -0.1) is 0 Å². The Morgan fingerprint density at radius 2 is 1.70 bits per heavy atom. The van der Waals surface area contributed by atoms with Crippen molar-refractivity contribution in [3.8, 4) is 5.75 Å². The second kappa shape index (κ2) is 10.1. The number of nitrogens with zero attached hydrogens (tertiary/aromatic N) is 1. The van der Waals surface area contributed by atoms with Gasteiger partial charge in [0.15, 0.2) is 0 Å². The molecule has 27 heavy (non-hydrogen) atoms. The predicted molar refractivity (Wildman–Crippen MR) is 107 cm³/mol. The van der Waals surface area contributed by atoms with Crippen LogP contribution in [0.25, 0.3) is 0 Å². The van der Waals surface area contributed by atoms with Crippen molar-refractivity contribution in [1.82, 2.24) is 9.62 Å². The molecule has 0 heterocycles. The molecule has 1 aliphatic carbocycles. The minimum atomic E-state index is -3.63. The summed E-state index contributed by atoms with van der Waals surface area (Å²) < 4.78 is 32.3. The minimum Gasteiger partial charge on any atom is -0.496 e. The topological polar surface area (TPSA) is 75.7 Å². The molecule has 0 saturated heterocycles. The van der Waals surface area contributed by atoms with Crippen molar-refractivity contribution in [2.24, 2.45) is 0 Å². The molecule has 0 aromatic heterocycles. The Morgan fingerprint density at radius 3 is 2.26 bits per heavy atom. The zero-order chi connectivity index (χ0) is 19.9. The number of amides is 1. The van der Waals surface area contributed by atoms with E-state index in [2.05, 4.69) is 5.32 Å². The summed E-state index contributed by atoms with van der Waals surface area (Å²) >= 11 is 0. The predicted octanol–water partition coefficient (Wildman–Crippen LogP) is 3.57. The van der Waals surface area contributed by atoms with Gasteiger partial charge in [-0.25, -0.2) is 8.42 Å². The molecular formula is C20H32N2O4S. The van der Waals surface area contributed by atoms with E-state index in [0.29, 0.717) is 18.8 Å². The van der Waals surface area contributed by atoms with Gasteiger partial charge in [0.25, 0.3) is 5.91 Å². The highest BCUT2D eigenvalue weighted by Crippen LogP contribution is 2.25. The normalized spacial score (nSPS) is 16.6. The first-order valence-corrected chi connectivity index (χ1v) is 11.4. The van der Waals surface area contributed by atoms with Gasteiger partial charge < -0.3 is 10.1 Å². The average molecular weight is 397 g/mol. The third kappa shape index (κ3) is 5.45. The molecule has 2 rings (SSSR count). The molecule has 0 radical (unpaired) electrons. The molecule has 152 valence electrons. The first-order chi connectivity index (χ1) is 12.9. The van der Waals surface area contributed by atoms with E-state index in [-0.39, 0.29) is 22.4 Å². The molecule has 1 amide bonds. The Bertz CT molecular complexity index is 721. The maximum absolute atomic E-state index is 12.9. The smallest absolute Gasteiger partial charge is 0.255 e. The lowest BCUT2D eigenvalue weighted by molar-refractivity contribution is 0.0927. The Kier molecular flexibility index (Phi) is 8.10. The number of carbonyl (C=O) groups excluding carboxylic acids is 1. The van der Waals surface area contributed by atoms with Crippen molar-refractivity contribution in [1.29, 1.82) is 0 Å². The summed E-state index contributed by atoms with van der Waals surface area (Å²) in [5.41, 5.74) is 0.271. The molecule has 0 unspecified atom stereocenters. The average Bonchev–Trinajstić information content (AvgIpc) is 2.63. The third-order valence-corrected chi connectivity index (χ3v) is 7.25. The summed E-state index contributed by atoms with van der Waals surface area (Å²) in [5.74, 6) is 0.117. The van der Waals surface area contributed by atoms with E-state index in [4.69, 9.17) is 4.74 Å². The van der Waals surface area contributed by atoms with Crippen LogP contribution in [0.15, 0.2) is 23.1 Å². The molecule has 1 aliphatic rings. The lowest BCUT2D eigenvalue weighted by Gasteiger charge is -2.22. The summed E-state index contributed by atoms with van der Waals surface area (Å²) in [6.07, 6.45) is 7.81. The largest absolute Gasteiger partial charge is 0.496 e. The molecule has 1 N–H and O–H groups in total. The molecule has 7 heteroatoms. The lowest BCUT2D eigenvalue weighted by Crippen LogP contribution is -2.36. The summed E-state index contributed by atoms with van der Waals surface area (Å²) in [5, 5.41) is 3.09. The summed E-state index contributed by atoms with van der Waals surface area (Å²) in [6.45, 7) is 4.36. The number of nitrogens with one attached hydrogen (secondary N) is 1. The molecule has 1 saturated carbocycles. The van der Waals surface area contributed by atoms with Gasteiger partial charge in [-0.3, -0.25) is 4.79 Å². The quantitative estimate of drug-likeness (QED) is 0.764. The van der Waals surface area contributed by atoms with Gasteiger partial charge in [-0.2, -0.15) is 4.31 Å². The van der Waals surface area contributed by atoms with Crippen molar-refractivity contribution < 1.29 is 17.9 Å². The van der Waals surface area contributed by atoms with E-state index in [1.54, 1.807) is 19.9 Å². The summed E-state index contributed by atoms with van der Waals surface area (Å²) in [6, 6.07) is 4.62. The second-order valence-electron chi connectivity index (χ2n) is 6.97. The van der Waals surface area contributed by atoms with Gasteiger partial charge in [0.05, 0.1) is 17.6 Å². The third-order valence-electron chi connectivity index (χ3n) is 5.20. The summed E-state index contributed by atoms with van der Waals surface area (Å²) in [4.78, 5) is 13.0. The molecule has 1 fully saturated rings. The highest BCUT2D eigenvalue weighted by atomic mass is 32.2. The Hall–Kier alpha value is -1.60. The van der Waals surface area contributed by atoms with Crippen LogP contribution in [0.5, 0.6) is 5.75 Å². The van der Waals surface area contributed by atoms with Crippen LogP contribution < -0.4 is 10.1 Å². The molecule has 0 aliphatic heterocycles. The number of rotatable bonds is 7. The van der Waals surface area contributed by atoms with Crippen molar-refractivity contribution in [3.05, 3.63) is 23.8 Å². The molecule has 1 aromatic rings. The van der Waals surface area contributed by atoms with E-state index >= 15 is 0 Å². The zero-order valence-corrected chi connectivity index (χ0v) is 17.5. The minimum absolute atomic E-state index is 0.120. The monoisotopic (exact) mass is 396 g/mol. The van der Waals surface area contributed by atoms with Gasteiger partial charge in [-0.1, -0.05) is 46.0 Å². The number of carbonyl (C=O) groups is 1. The highest BCUT2D eigenvalue weighted by molar-refractivity contribution is 7.89. The molecule has 0 atom stereocenters. The number of sulfonamides is 1. The Morgan fingerprint density at radius 1 is 1.11 bits per heavy atom. The molecule has 1 aromatic carbocycles. The SMILES string of the molecule is CCN(CC)S(=O)(=O)c1ccc(OC)c(C(=O)NC2CCCCCCC2)c1. The maximum atomic E-state index is 12.9. The molecule has 0 bridgehead atoms. The first-order valence-electron chi connectivity index (χ1n) is 9.93. The van der Waals surface area contributed by atoms with Crippen LogP contribution in [-0.4, -0.2) is 44.9 Å².